The zero-order chi connectivity index (χ0) is 15.9. The van der Waals surface area contributed by atoms with E-state index < -0.39 is 0 Å². The van der Waals surface area contributed by atoms with Gasteiger partial charge in [0.25, 0.3) is 0 Å². The first-order valence-corrected chi connectivity index (χ1v) is 8.78. The second-order valence-corrected chi connectivity index (χ2v) is 6.69. The highest BCUT2D eigenvalue weighted by Gasteiger charge is 2.26. The molecule has 5 rings (SSSR count). The van der Waals surface area contributed by atoms with E-state index in [0.717, 1.165) is 50.4 Å². The average Bonchev–Trinajstić information content (AvgIpc) is 3.30. The molecule has 24 heavy (non-hydrogen) atoms. The van der Waals surface area contributed by atoms with Gasteiger partial charge < -0.3 is 9.88 Å². The van der Waals surface area contributed by atoms with Crippen LogP contribution in [0, 0.1) is 0 Å². The molecule has 0 radical (unpaired) electrons. The molecule has 3 aromatic rings. The fourth-order valence-electron chi connectivity index (χ4n) is 4.06. The van der Waals surface area contributed by atoms with Gasteiger partial charge in [-0.25, -0.2) is 4.98 Å². The SMILES string of the molecule is c1ccc2c(c1)CC[C@H]2n1ccnc1-c1cc2n(n1)CCCNC2. The minimum absolute atomic E-state index is 0.373. The van der Waals surface area contributed by atoms with Crippen LogP contribution < -0.4 is 5.32 Å². The summed E-state index contributed by atoms with van der Waals surface area (Å²) in [5.74, 6) is 0.984. The lowest BCUT2D eigenvalue weighted by Gasteiger charge is -2.16. The lowest BCUT2D eigenvalue weighted by atomic mass is 10.1. The van der Waals surface area contributed by atoms with Gasteiger partial charge in [0.15, 0.2) is 5.82 Å². The summed E-state index contributed by atoms with van der Waals surface area (Å²) in [6.07, 6.45) is 7.41. The molecular weight excluding hydrogens is 298 g/mol. The third-order valence-electron chi connectivity index (χ3n) is 5.23. The van der Waals surface area contributed by atoms with Crippen molar-refractivity contribution >= 4 is 0 Å². The predicted molar refractivity (Wildman–Crippen MR) is 92.7 cm³/mol. The molecular formula is C19H21N5. The summed E-state index contributed by atoms with van der Waals surface area (Å²) in [7, 11) is 0. The first kappa shape index (κ1) is 14.0. The molecule has 2 aliphatic rings. The Bertz CT molecular complexity index is 852. The van der Waals surface area contributed by atoms with Gasteiger partial charge in [0.1, 0.15) is 5.69 Å². The van der Waals surface area contributed by atoms with Crippen molar-refractivity contribution in [1.29, 1.82) is 0 Å². The molecule has 1 aromatic carbocycles. The van der Waals surface area contributed by atoms with Crippen LogP contribution >= 0.6 is 0 Å². The van der Waals surface area contributed by atoms with E-state index in [1.54, 1.807) is 0 Å². The van der Waals surface area contributed by atoms with E-state index in [2.05, 4.69) is 56.1 Å². The maximum absolute atomic E-state index is 4.83. The normalized spacial score (nSPS) is 19.8. The largest absolute Gasteiger partial charge is 0.322 e. The van der Waals surface area contributed by atoms with Crippen LogP contribution in [0.15, 0.2) is 42.7 Å². The highest BCUT2D eigenvalue weighted by Crippen LogP contribution is 2.36. The van der Waals surface area contributed by atoms with Gasteiger partial charge in [0, 0.05) is 25.5 Å². The molecule has 1 aliphatic carbocycles. The van der Waals surface area contributed by atoms with Crippen LogP contribution in [0.5, 0.6) is 0 Å². The first-order chi connectivity index (χ1) is 11.9. The summed E-state index contributed by atoms with van der Waals surface area (Å²) in [5, 5.41) is 8.29. The number of aromatic nitrogens is 4. The van der Waals surface area contributed by atoms with Gasteiger partial charge in [-0.1, -0.05) is 24.3 Å². The van der Waals surface area contributed by atoms with Crippen molar-refractivity contribution in [3.05, 3.63) is 59.5 Å². The summed E-state index contributed by atoms with van der Waals surface area (Å²) in [5.41, 5.74) is 5.14. The van der Waals surface area contributed by atoms with Gasteiger partial charge in [-0.2, -0.15) is 5.10 Å². The van der Waals surface area contributed by atoms with Crippen molar-refractivity contribution in [2.24, 2.45) is 0 Å². The van der Waals surface area contributed by atoms with Crippen LogP contribution in [0.1, 0.15) is 35.7 Å². The van der Waals surface area contributed by atoms with Crippen LogP contribution in [-0.2, 0) is 19.5 Å². The monoisotopic (exact) mass is 319 g/mol. The summed E-state index contributed by atoms with van der Waals surface area (Å²) < 4.78 is 4.44. The number of hydrogen-bond donors (Lipinski definition) is 1. The highest BCUT2D eigenvalue weighted by molar-refractivity contribution is 5.52. The number of nitrogens with one attached hydrogen (secondary N) is 1. The maximum atomic E-state index is 4.83. The summed E-state index contributed by atoms with van der Waals surface area (Å²) in [6.45, 7) is 2.93. The van der Waals surface area contributed by atoms with E-state index >= 15 is 0 Å². The Morgan fingerprint density at radius 1 is 1.21 bits per heavy atom. The van der Waals surface area contributed by atoms with E-state index in [-0.39, 0.29) is 0 Å². The molecule has 1 aliphatic heterocycles. The number of hydrogen-bond acceptors (Lipinski definition) is 3. The van der Waals surface area contributed by atoms with Gasteiger partial charge >= 0.3 is 0 Å². The summed E-state index contributed by atoms with van der Waals surface area (Å²) in [6, 6.07) is 11.3. The molecule has 3 heterocycles. The quantitative estimate of drug-likeness (QED) is 0.790. The fraction of sp³-hybridized carbons (Fsp3) is 0.368. The number of fused-ring (bicyclic) bond motifs is 2. The van der Waals surface area contributed by atoms with E-state index in [1.807, 2.05) is 6.20 Å². The minimum atomic E-state index is 0.373. The third-order valence-corrected chi connectivity index (χ3v) is 5.23. The Morgan fingerprint density at radius 2 is 2.17 bits per heavy atom. The van der Waals surface area contributed by atoms with Gasteiger partial charge in [0.2, 0.25) is 0 Å². The fourth-order valence-corrected chi connectivity index (χ4v) is 4.06. The molecule has 0 fully saturated rings. The van der Waals surface area contributed by atoms with Crippen molar-refractivity contribution in [3.8, 4) is 11.5 Å². The molecule has 122 valence electrons. The average molecular weight is 319 g/mol. The second kappa shape index (κ2) is 5.60. The van der Waals surface area contributed by atoms with Gasteiger partial charge in [-0.3, -0.25) is 4.68 Å². The Hall–Kier alpha value is -2.40. The highest BCUT2D eigenvalue weighted by atomic mass is 15.3. The molecule has 0 spiro atoms. The lowest BCUT2D eigenvalue weighted by Crippen LogP contribution is -2.11. The smallest absolute Gasteiger partial charge is 0.161 e. The Kier molecular flexibility index (Phi) is 3.26. The van der Waals surface area contributed by atoms with Crippen LogP contribution in [0.4, 0.5) is 0 Å². The van der Waals surface area contributed by atoms with Gasteiger partial charge in [-0.05, 0) is 43.0 Å². The molecule has 5 nitrogen and oxygen atoms in total. The molecule has 0 saturated heterocycles. The lowest BCUT2D eigenvalue weighted by molar-refractivity contribution is 0.574. The van der Waals surface area contributed by atoms with Crippen molar-refractivity contribution in [2.45, 2.75) is 38.4 Å². The Balaban J connectivity index is 1.55. The molecule has 0 saturated carbocycles. The van der Waals surface area contributed by atoms with Crippen molar-refractivity contribution in [2.75, 3.05) is 6.54 Å². The summed E-state index contributed by atoms with van der Waals surface area (Å²) in [4.78, 5) is 4.64. The molecule has 0 unspecified atom stereocenters. The zero-order valence-electron chi connectivity index (χ0n) is 13.7. The van der Waals surface area contributed by atoms with Gasteiger partial charge in [-0.15, -0.1) is 0 Å². The van der Waals surface area contributed by atoms with Crippen molar-refractivity contribution in [3.63, 3.8) is 0 Å². The number of aryl methyl sites for hydroxylation is 2. The minimum Gasteiger partial charge on any atom is -0.322 e. The van der Waals surface area contributed by atoms with E-state index in [0.29, 0.717) is 6.04 Å². The van der Waals surface area contributed by atoms with E-state index in [1.165, 1.54) is 16.8 Å². The second-order valence-electron chi connectivity index (χ2n) is 6.69. The topological polar surface area (TPSA) is 47.7 Å². The predicted octanol–water partition coefficient (Wildman–Crippen LogP) is 2.78. The number of imidazole rings is 1. The molecule has 0 amide bonds. The molecule has 2 aromatic heterocycles. The molecule has 5 heteroatoms. The number of benzene rings is 1. The molecule has 1 N–H and O–H groups in total. The van der Waals surface area contributed by atoms with Crippen molar-refractivity contribution < 1.29 is 0 Å². The van der Waals surface area contributed by atoms with Crippen LogP contribution in [0.3, 0.4) is 0 Å². The standard InChI is InChI=1S/C19H21N5/c1-2-5-16-14(4-1)6-7-18(16)23-11-9-21-19(23)17-12-15-13-20-8-3-10-24(15)22-17/h1-2,4-5,9,11-12,18,20H,3,6-8,10,13H2/t18-/m1/s1. The number of nitrogens with zero attached hydrogens (tertiary/aromatic N) is 4. The maximum Gasteiger partial charge on any atom is 0.161 e. The first-order valence-electron chi connectivity index (χ1n) is 8.78. The van der Waals surface area contributed by atoms with E-state index in [4.69, 9.17) is 5.10 Å². The third kappa shape index (κ3) is 2.19. The Labute approximate surface area is 141 Å². The van der Waals surface area contributed by atoms with Crippen LogP contribution in [0.2, 0.25) is 0 Å². The van der Waals surface area contributed by atoms with Gasteiger partial charge in [0.05, 0.1) is 11.7 Å². The Morgan fingerprint density at radius 3 is 3.17 bits per heavy atom. The van der Waals surface area contributed by atoms with Crippen molar-refractivity contribution in [1.82, 2.24) is 24.6 Å². The van der Waals surface area contributed by atoms with E-state index in [9.17, 15) is 0 Å². The van der Waals surface area contributed by atoms with Crippen LogP contribution in [-0.4, -0.2) is 25.9 Å². The zero-order valence-corrected chi connectivity index (χ0v) is 13.7. The molecule has 0 bridgehead atoms. The summed E-state index contributed by atoms with van der Waals surface area (Å²) >= 11 is 0. The van der Waals surface area contributed by atoms with Crippen LogP contribution in [0.25, 0.3) is 11.5 Å². The molecule has 1 atom stereocenters. The number of rotatable bonds is 2.